The lowest BCUT2D eigenvalue weighted by Crippen LogP contribution is -1.93. The number of benzene rings is 1. The predicted molar refractivity (Wildman–Crippen MR) is 83.8 cm³/mol. The number of nitrogens with zero attached hydrogens (tertiary/aromatic N) is 6. The molecule has 0 spiro atoms. The van der Waals surface area contributed by atoms with Gasteiger partial charge in [0.1, 0.15) is 6.33 Å². The summed E-state index contributed by atoms with van der Waals surface area (Å²) < 4.78 is 14.7. The van der Waals surface area contributed by atoms with E-state index in [-0.39, 0.29) is 6.79 Å². The predicted octanol–water partition coefficient (Wildman–Crippen LogP) is 2.02. The van der Waals surface area contributed by atoms with Gasteiger partial charge in [-0.25, -0.2) is 0 Å². The summed E-state index contributed by atoms with van der Waals surface area (Å²) in [5, 5.41) is 17.4. The number of ether oxygens (including phenoxy) is 2. The first-order valence-electron chi connectivity index (χ1n) is 6.22. The Labute approximate surface area is 137 Å². The summed E-state index contributed by atoms with van der Waals surface area (Å²) in [6, 6.07) is 3.72. The number of aromatic nitrogens is 5. The molecule has 4 rings (SSSR count). The third-order valence-electron chi connectivity index (χ3n) is 3.07. The molecule has 0 radical (unpaired) electrons. The quantitative estimate of drug-likeness (QED) is 0.510. The monoisotopic (exact) mass is 380 g/mol. The van der Waals surface area contributed by atoms with Crippen LogP contribution in [0.2, 0.25) is 0 Å². The molecule has 8 nitrogen and oxygen atoms in total. The van der Waals surface area contributed by atoms with Gasteiger partial charge in [-0.2, -0.15) is 19.4 Å². The van der Waals surface area contributed by atoms with Crippen molar-refractivity contribution in [3.63, 3.8) is 0 Å². The van der Waals surface area contributed by atoms with E-state index in [1.54, 1.807) is 21.7 Å². The minimum Gasteiger partial charge on any atom is -0.454 e. The topological polar surface area (TPSA) is 78.8 Å². The van der Waals surface area contributed by atoms with Gasteiger partial charge in [-0.3, -0.25) is 0 Å². The second kappa shape index (κ2) is 5.29. The molecule has 22 heavy (non-hydrogen) atoms. The Bertz CT molecular complexity index is 889. The lowest BCUT2D eigenvalue weighted by atomic mass is 10.2. The fourth-order valence-corrected chi connectivity index (χ4v) is 2.87. The van der Waals surface area contributed by atoms with Gasteiger partial charge in [0.25, 0.3) is 5.78 Å². The molecular weight excluding hydrogens is 372 g/mol. The Hall–Kier alpha value is -2.07. The van der Waals surface area contributed by atoms with Crippen molar-refractivity contribution in [2.24, 2.45) is 5.10 Å². The van der Waals surface area contributed by atoms with Gasteiger partial charge < -0.3 is 9.47 Å². The van der Waals surface area contributed by atoms with Crippen LogP contribution < -0.4 is 9.47 Å². The van der Waals surface area contributed by atoms with E-state index in [1.165, 1.54) is 11.8 Å². The SMILES string of the molecule is CSc1nnc2n(N=Cc3cc4c(cc3Br)OCO4)cnn12. The van der Waals surface area contributed by atoms with Crippen LogP contribution in [0.1, 0.15) is 5.56 Å². The van der Waals surface area contributed by atoms with E-state index in [0.29, 0.717) is 16.7 Å². The Balaban J connectivity index is 1.70. The molecule has 1 aliphatic rings. The van der Waals surface area contributed by atoms with E-state index >= 15 is 0 Å². The number of rotatable bonds is 3. The molecular formula is C12H9BrN6O2S. The fourth-order valence-electron chi connectivity index (χ4n) is 2.02. The Morgan fingerprint density at radius 2 is 2.14 bits per heavy atom. The molecule has 0 atom stereocenters. The number of fused-ring (bicyclic) bond motifs is 2. The zero-order valence-corrected chi connectivity index (χ0v) is 13.7. The van der Waals surface area contributed by atoms with Gasteiger partial charge in [0.15, 0.2) is 11.5 Å². The van der Waals surface area contributed by atoms with Crippen LogP contribution in [0.25, 0.3) is 5.78 Å². The van der Waals surface area contributed by atoms with Crippen LogP contribution in [0.3, 0.4) is 0 Å². The van der Waals surface area contributed by atoms with Gasteiger partial charge in [-0.15, -0.1) is 10.2 Å². The molecule has 0 saturated carbocycles. The largest absolute Gasteiger partial charge is 0.454 e. The second-order valence-electron chi connectivity index (χ2n) is 4.35. The molecule has 1 aliphatic heterocycles. The van der Waals surface area contributed by atoms with Crippen molar-refractivity contribution < 1.29 is 9.47 Å². The van der Waals surface area contributed by atoms with Crippen LogP contribution in [0.5, 0.6) is 11.5 Å². The summed E-state index contributed by atoms with van der Waals surface area (Å²) in [6.45, 7) is 0.238. The standard InChI is InChI=1S/C12H9BrN6O2S/c1-22-12-17-16-11-18(5-15-19(11)12)14-4-7-2-9-10(3-8(7)13)21-6-20-9/h2-5H,6H2,1H3. The first-order valence-corrected chi connectivity index (χ1v) is 8.24. The normalized spacial score (nSPS) is 13.5. The fraction of sp³-hybridized carbons (Fsp3) is 0.167. The highest BCUT2D eigenvalue weighted by Gasteiger charge is 2.16. The van der Waals surface area contributed by atoms with Crippen molar-refractivity contribution in [1.29, 1.82) is 0 Å². The molecule has 0 fully saturated rings. The van der Waals surface area contributed by atoms with Gasteiger partial charge in [0.2, 0.25) is 11.9 Å². The van der Waals surface area contributed by atoms with Crippen molar-refractivity contribution in [3.05, 3.63) is 28.5 Å². The second-order valence-corrected chi connectivity index (χ2v) is 5.97. The molecule has 10 heteroatoms. The molecule has 0 unspecified atom stereocenters. The van der Waals surface area contributed by atoms with Gasteiger partial charge in [0.05, 0.1) is 6.21 Å². The zero-order valence-electron chi connectivity index (χ0n) is 11.3. The molecule has 112 valence electrons. The maximum atomic E-state index is 5.37. The Morgan fingerprint density at radius 1 is 1.32 bits per heavy atom. The van der Waals surface area contributed by atoms with Gasteiger partial charge in [0, 0.05) is 10.0 Å². The first kappa shape index (κ1) is 13.6. The highest BCUT2D eigenvalue weighted by molar-refractivity contribution is 9.10. The van der Waals surface area contributed by atoms with Crippen LogP contribution in [0.4, 0.5) is 0 Å². The number of halogens is 1. The molecule has 1 aromatic carbocycles. The average molecular weight is 381 g/mol. The maximum absolute atomic E-state index is 5.37. The third kappa shape index (κ3) is 2.15. The summed E-state index contributed by atoms with van der Waals surface area (Å²) in [5.41, 5.74) is 0.862. The number of thioether (sulfide) groups is 1. The van der Waals surface area contributed by atoms with E-state index < -0.39 is 0 Å². The summed E-state index contributed by atoms with van der Waals surface area (Å²) >= 11 is 4.96. The lowest BCUT2D eigenvalue weighted by Gasteiger charge is -2.01. The summed E-state index contributed by atoms with van der Waals surface area (Å²) in [4.78, 5) is 0. The number of hydrogen-bond donors (Lipinski definition) is 0. The van der Waals surface area contributed by atoms with Crippen LogP contribution in [-0.4, -0.2) is 43.8 Å². The van der Waals surface area contributed by atoms with E-state index in [1.807, 2.05) is 18.4 Å². The Morgan fingerprint density at radius 3 is 2.95 bits per heavy atom. The highest BCUT2D eigenvalue weighted by Crippen LogP contribution is 2.36. The molecule has 3 aromatic rings. The number of hydrogen-bond acceptors (Lipinski definition) is 7. The lowest BCUT2D eigenvalue weighted by molar-refractivity contribution is 0.174. The molecule has 0 amide bonds. The maximum Gasteiger partial charge on any atom is 0.275 e. The van der Waals surface area contributed by atoms with Crippen molar-refractivity contribution in [2.45, 2.75) is 5.16 Å². The van der Waals surface area contributed by atoms with Crippen LogP contribution in [0, 0.1) is 0 Å². The van der Waals surface area contributed by atoms with E-state index in [0.717, 1.165) is 15.8 Å². The molecule has 0 N–H and O–H groups in total. The summed E-state index contributed by atoms with van der Waals surface area (Å²) in [7, 11) is 0. The van der Waals surface area contributed by atoms with Crippen molar-refractivity contribution in [2.75, 3.05) is 13.0 Å². The third-order valence-corrected chi connectivity index (χ3v) is 4.38. The minimum absolute atomic E-state index is 0.238. The van der Waals surface area contributed by atoms with Gasteiger partial charge in [-0.05, 0) is 34.3 Å². The van der Waals surface area contributed by atoms with Crippen LogP contribution in [-0.2, 0) is 0 Å². The first-order chi connectivity index (χ1) is 10.8. The van der Waals surface area contributed by atoms with Gasteiger partial charge in [-0.1, -0.05) is 11.8 Å². The summed E-state index contributed by atoms with van der Waals surface area (Å²) in [5.74, 6) is 1.97. The van der Waals surface area contributed by atoms with Crippen molar-refractivity contribution in [1.82, 2.24) is 24.5 Å². The Kier molecular flexibility index (Phi) is 3.26. The molecule has 2 aromatic heterocycles. The van der Waals surface area contributed by atoms with Crippen molar-refractivity contribution in [3.8, 4) is 11.5 Å². The van der Waals surface area contributed by atoms with Gasteiger partial charge >= 0.3 is 0 Å². The summed E-state index contributed by atoms with van der Waals surface area (Å²) in [6.07, 6.45) is 5.20. The van der Waals surface area contributed by atoms with E-state index in [4.69, 9.17) is 9.47 Å². The highest BCUT2D eigenvalue weighted by atomic mass is 79.9. The molecule has 0 saturated heterocycles. The van der Waals surface area contributed by atoms with Crippen LogP contribution in [0.15, 0.2) is 33.2 Å². The smallest absolute Gasteiger partial charge is 0.275 e. The van der Waals surface area contributed by atoms with E-state index in [2.05, 4.69) is 36.3 Å². The van der Waals surface area contributed by atoms with Crippen molar-refractivity contribution >= 4 is 39.7 Å². The molecule has 0 bridgehead atoms. The zero-order chi connectivity index (χ0) is 15.1. The molecule has 0 aliphatic carbocycles. The van der Waals surface area contributed by atoms with E-state index in [9.17, 15) is 0 Å². The van der Waals surface area contributed by atoms with Crippen LogP contribution >= 0.6 is 27.7 Å². The molecule has 3 heterocycles. The minimum atomic E-state index is 0.238. The average Bonchev–Trinajstić information content (AvgIpc) is 3.20.